The molecule has 0 aromatic heterocycles. The van der Waals surface area contributed by atoms with Gasteiger partial charge in [0, 0.05) is 0 Å². The summed E-state index contributed by atoms with van der Waals surface area (Å²) in [6.07, 6.45) is 0.359. The van der Waals surface area contributed by atoms with Gasteiger partial charge in [-0.2, -0.15) is 0 Å². The Kier molecular flexibility index (Phi) is 5.87. The summed E-state index contributed by atoms with van der Waals surface area (Å²) in [6.45, 7) is 2.00. The van der Waals surface area contributed by atoms with Crippen LogP contribution >= 0.6 is 0 Å². The fourth-order valence-electron chi connectivity index (χ4n) is 3.08. The van der Waals surface area contributed by atoms with Crippen molar-refractivity contribution in [2.24, 2.45) is 0 Å². The molecule has 1 unspecified atom stereocenters. The SMILES string of the molecule is COC(=O)CC(NC(=O)Cc1ccc2ccccc2c1)c1ccc(C)cc1. The highest BCUT2D eigenvalue weighted by molar-refractivity contribution is 5.85. The monoisotopic (exact) mass is 361 g/mol. The number of rotatable bonds is 6. The highest BCUT2D eigenvalue weighted by atomic mass is 16.5. The zero-order valence-corrected chi connectivity index (χ0v) is 15.6. The minimum atomic E-state index is -0.411. The molecule has 0 heterocycles. The van der Waals surface area contributed by atoms with Crippen LogP contribution < -0.4 is 5.32 Å². The molecule has 1 amide bonds. The summed E-state index contributed by atoms with van der Waals surface area (Å²) in [5.41, 5.74) is 2.95. The van der Waals surface area contributed by atoms with Crippen LogP contribution in [0, 0.1) is 6.92 Å². The van der Waals surface area contributed by atoms with Crippen molar-refractivity contribution in [3.63, 3.8) is 0 Å². The van der Waals surface area contributed by atoms with E-state index < -0.39 is 6.04 Å². The van der Waals surface area contributed by atoms with Gasteiger partial charge in [-0.25, -0.2) is 0 Å². The Bertz CT molecular complexity index is 947. The molecule has 3 aromatic rings. The number of aryl methyl sites for hydroxylation is 1. The van der Waals surface area contributed by atoms with Crippen LogP contribution in [-0.2, 0) is 20.7 Å². The number of nitrogens with one attached hydrogen (secondary N) is 1. The highest BCUT2D eigenvalue weighted by Crippen LogP contribution is 2.20. The molecule has 0 radical (unpaired) electrons. The van der Waals surface area contributed by atoms with Gasteiger partial charge in [-0.15, -0.1) is 0 Å². The van der Waals surface area contributed by atoms with Crippen molar-refractivity contribution in [1.82, 2.24) is 5.32 Å². The molecular formula is C23H23NO3. The summed E-state index contributed by atoms with van der Waals surface area (Å²) in [5.74, 6) is -0.480. The second kappa shape index (κ2) is 8.49. The van der Waals surface area contributed by atoms with Crippen LogP contribution in [0.5, 0.6) is 0 Å². The second-order valence-corrected chi connectivity index (χ2v) is 6.67. The van der Waals surface area contributed by atoms with Crippen LogP contribution in [0.1, 0.15) is 29.2 Å². The van der Waals surface area contributed by atoms with Crippen molar-refractivity contribution >= 4 is 22.6 Å². The van der Waals surface area contributed by atoms with Crippen LogP contribution in [0.3, 0.4) is 0 Å². The molecule has 0 bridgehead atoms. The van der Waals surface area contributed by atoms with E-state index in [4.69, 9.17) is 4.74 Å². The molecule has 0 aliphatic carbocycles. The van der Waals surface area contributed by atoms with Crippen LogP contribution in [0.2, 0.25) is 0 Å². The third-order valence-electron chi connectivity index (χ3n) is 4.59. The van der Waals surface area contributed by atoms with Crippen molar-refractivity contribution in [2.45, 2.75) is 25.8 Å². The van der Waals surface area contributed by atoms with Crippen molar-refractivity contribution < 1.29 is 14.3 Å². The minimum Gasteiger partial charge on any atom is -0.469 e. The van der Waals surface area contributed by atoms with Gasteiger partial charge in [0.05, 0.1) is 26.0 Å². The third kappa shape index (κ3) is 4.94. The lowest BCUT2D eigenvalue weighted by atomic mass is 10.0. The molecule has 0 saturated heterocycles. The van der Waals surface area contributed by atoms with Gasteiger partial charge in [-0.1, -0.05) is 72.3 Å². The molecular weight excluding hydrogens is 338 g/mol. The highest BCUT2D eigenvalue weighted by Gasteiger charge is 2.19. The zero-order chi connectivity index (χ0) is 19.2. The molecule has 0 saturated carbocycles. The molecule has 0 aliphatic rings. The predicted molar refractivity (Wildman–Crippen MR) is 106 cm³/mol. The number of carbonyl (C=O) groups is 2. The van der Waals surface area contributed by atoms with E-state index in [1.807, 2.05) is 73.7 Å². The number of esters is 1. The molecule has 0 fully saturated rings. The van der Waals surface area contributed by atoms with Crippen molar-refractivity contribution in [1.29, 1.82) is 0 Å². The van der Waals surface area contributed by atoms with E-state index in [1.54, 1.807) is 0 Å². The molecule has 4 nitrogen and oxygen atoms in total. The summed E-state index contributed by atoms with van der Waals surface area (Å²) in [5, 5.41) is 5.22. The summed E-state index contributed by atoms with van der Waals surface area (Å²) < 4.78 is 4.78. The molecule has 3 rings (SSSR count). The quantitative estimate of drug-likeness (QED) is 0.672. The Labute approximate surface area is 159 Å². The zero-order valence-electron chi connectivity index (χ0n) is 15.6. The fourth-order valence-corrected chi connectivity index (χ4v) is 3.08. The van der Waals surface area contributed by atoms with Gasteiger partial charge in [-0.3, -0.25) is 9.59 Å². The molecule has 27 heavy (non-hydrogen) atoms. The molecule has 0 spiro atoms. The van der Waals surface area contributed by atoms with Crippen molar-refractivity contribution in [2.75, 3.05) is 7.11 Å². The van der Waals surface area contributed by atoms with Gasteiger partial charge in [-0.05, 0) is 28.8 Å². The number of ether oxygens (including phenoxy) is 1. The second-order valence-electron chi connectivity index (χ2n) is 6.67. The first-order valence-electron chi connectivity index (χ1n) is 8.95. The Balaban J connectivity index is 1.74. The number of amides is 1. The first-order valence-corrected chi connectivity index (χ1v) is 8.95. The van der Waals surface area contributed by atoms with E-state index in [1.165, 1.54) is 7.11 Å². The average molecular weight is 361 g/mol. The van der Waals surface area contributed by atoms with Crippen LogP contribution in [0.15, 0.2) is 66.7 Å². The number of hydrogen-bond donors (Lipinski definition) is 1. The number of methoxy groups -OCH3 is 1. The number of fused-ring (bicyclic) bond motifs is 1. The summed E-state index contributed by atoms with van der Waals surface area (Å²) in [6, 6.07) is 21.4. The van der Waals surface area contributed by atoms with Crippen LogP contribution in [-0.4, -0.2) is 19.0 Å². The molecule has 3 aromatic carbocycles. The molecule has 4 heteroatoms. The maximum Gasteiger partial charge on any atom is 0.307 e. The first-order chi connectivity index (χ1) is 13.0. The molecule has 138 valence electrons. The number of hydrogen-bond acceptors (Lipinski definition) is 3. The van der Waals surface area contributed by atoms with Gasteiger partial charge in [0.25, 0.3) is 0 Å². The van der Waals surface area contributed by atoms with Gasteiger partial charge in [0.15, 0.2) is 0 Å². The van der Waals surface area contributed by atoms with Gasteiger partial charge < -0.3 is 10.1 Å². The largest absolute Gasteiger partial charge is 0.469 e. The lowest BCUT2D eigenvalue weighted by Gasteiger charge is -2.18. The van der Waals surface area contributed by atoms with Gasteiger partial charge in [0.1, 0.15) is 0 Å². The van der Waals surface area contributed by atoms with Gasteiger partial charge >= 0.3 is 5.97 Å². The smallest absolute Gasteiger partial charge is 0.307 e. The normalized spacial score (nSPS) is 11.8. The molecule has 1 atom stereocenters. The molecule has 1 N–H and O–H groups in total. The lowest BCUT2D eigenvalue weighted by Crippen LogP contribution is -2.31. The standard InChI is InChI=1S/C23H23NO3/c1-16-7-10-19(11-8-16)21(15-23(26)27-2)24-22(25)14-17-9-12-18-5-3-4-6-20(18)13-17/h3-13,21H,14-15H2,1-2H3,(H,24,25). The third-order valence-corrected chi connectivity index (χ3v) is 4.59. The summed E-state index contributed by atoms with van der Waals surface area (Å²) in [7, 11) is 1.35. The van der Waals surface area contributed by atoms with Crippen LogP contribution in [0.4, 0.5) is 0 Å². The maximum absolute atomic E-state index is 12.6. The van der Waals surface area contributed by atoms with E-state index in [0.717, 1.165) is 27.5 Å². The lowest BCUT2D eigenvalue weighted by molar-refractivity contribution is -0.141. The first kappa shape index (κ1) is 18.6. The molecule has 0 aliphatic heterocycles. The van der Waals surface area contributed by atoms with E-state index in [0.29, 0.717) is 0 Å². The average Bonchev–Trinajstić information content (AvgIpc) is 2.67. The maximum atomic E-state index is 12.6. The van der Waals surface area contributed by atoms with E-state index in [9.17, 15) is 9.59 Å². The number of carbonyl (C=O) groups excluding carboxylic acids is 2. The predicted octanol–water partition coefficient (Wildman–Crippen LogP) is 4.11. The van der Waals surface area contributed by atoms with Crippen molar-refractivity contribution in [3.8, 4) is 0 Å². The van der Waals surface area contributed by atoms with Crippen molar-refractivity contribution in [3.05, 3.63) is 83.4 Å². The Morgan fingerprint density at radius 3 is 2.37 bits per heavy atom. The summed E-state index contributed by atoms with van der Waals surface area (Å²) in [4.78, 5) is 24.4. The Hall–Kier alpha value is -3.14. The summed E-state index contributed by atoms with van der Waals surface area (Å²) >= 11 is 0. The van der Waals surface area contributed by atoms with E-state index >= 15 is 0 Å². The van der Waals surface area contributed by atoms with Gasteiger partial charge in [0.2, 0.25) is 5.91 Å². The number of benzene rings is 3. The van der Waals surface area contributed by atoms with Crippen LogP contribution in [0.25, 0.3) is 10.8 Å². The Morgan fingerprint density at radius 2 is 1.67 bits per heavy atom. The fraction of sp³-hybridized carbons (Fsp3) is 0.217. The topological polar surface area (TPSA) is 55.4 Å². The van der Waals surface area contributed by atoms with E-state index in [2.05, 4.69) is 5.32 Å². The Morgan fingerprint density at radius 1 is 0.963 bits per heavy atom. The van der Waals surface area contributed by atoms with E-state index in [-0.39, 0.29) is 24.7 Å². The minimum absolute atomic E-state index is 0.100.